The Morgan fingerprint density at radius 2 is 1.03 bits per heavy atom. The first-order chi connectivity index (χ1) is 15.2. The molecule has 0 radical (unpaired) electrons. The molecule has 0 saturated carbocycles. The van der Waals surface area contributed by atoms with Gasteiger partial charge in [-0.15, -0.1) is 0 Å². The quantitative estimate of drug-likeness (QED) is 0.673. The number of benzene rings is 2. The van der Waals surface area contributed by atoms with Crippen molar-refractivity contribution in [3.63, 3.8) is 0 Å². The highest BCUT2D eigenvalue weighted by Crippen LogP contribution is 2.29. The molecule has 0 spiro atoms. The third kappa shape index (κ3) is 7.91. The molecule has 8 heteroatoms. The molecular formula is C23H27FO7. The van der Waals surface area contributed by atoms with Crippen LogP contribution >= 0.6 is 0 Å². The predicted molar refractivity (Wildman–Crippen MR) is 111 cm³/mol. The van der Waals surface area contributed by atoms with Gasteiger partial charge in [0.05, 0.1) is 52.9 Å². The van der Waals surface area contributed by atoms with Crippen molar-refractivity contribution in [2.24, 2.45) is 0 Å². The SMILES string of the molecule is O=C(c1ccc(F)cc1)c1ccc2c(c1)OCCOCCOCCOCCOCCO2. The highest BCUT2D eigenvalue weighted by molar-refractivity contribution is 6.09. The Labute approximate surface area is 181 Å². The number of rotatable bonds is 2. The number of ketones is 1. The summed E-state index contributed by atoms with van der Waals surface area (Å²) in [5, 5.41) is 0. The number of hydrogen-bond acceptors (Lipinski definition) is 7. The molecule has 31 heavy (non-hydrogen) atoms. The Morgan fingerprint density at radius 1 is 0.581 bits per heavy atom. The Hall–Kier alpha value is -2.52. The highest BCUT2D eigenvalue weighted by atomic mass is 19.1. The summed E-state index contributed by atoms with van der Waals surface area (Å²) in [5.74, 6) is 0.300. The first kappa shape index (κ1) is 23.1. The molecule has 2 aromatic rings. The van der Waals surface area contributed by atoms with Gasteiger partial charge >= 0.3 is 0 Å². The molecule has 2 aromatic carbocycles. The Kier molecular flexibility index (Phi) is 9.72. The lowest BCUT2D eigenvalue weighted by molar-refractivity contribution is -0.00841. The van der Waals surface area contributed by atoms with Gasteiger partial charge in [0.25, 0.3) is 0 Å². The van der Waals surface area contributed by atoms with E-state index in [1.807, 2.05) is 0 Å². The van der Waals surface area contributed by atoms with Crippen molar-refractivity contribution in [2.75, 3.05) is 66.1 Å². The molecule has 0 unspecified atom stereocenters. The number of hydrogen-bond donors (Lipinski definition) is 0. The molecular weight excluding hydrogens is 407 g/mol. The maximum absolute atomic E-state index is 13.2. The standard InChI is InChI=1S/C23H27FO7/c24-20-4-1-18(2-5-20)23(25)19-3-6-21-22(17-19)31-16-14-29-12-10-27-8-7-26-9-11-28-13-15-30-21/h1-6,17H,7-16H2. The summed E-state index contributed by atoms with van der Waals surface area (Å²) in [6, 6.07) is 10.4. The van der Waals surface area contributed by atoms with Gasteiger partial charge in [-0.1, -0.05) is 0 Å². The van der Waals surface area contributed by atoms with Crippen LogP contribution < -0.4 is 9.47 Å². The summed E-state index contributed by atoms with van der Waals surface area (Å²) in [4.78, 5) is 12.7. The fourth-order valence-electron chi connectivity index (χ4n) is 2.83. The second-order valence-corrected chi connectivity index (χ2v) is 6.64. The zero-order valence-corrected chi connectivity index (χ0v) is 17.3. The van der Waals surface area contributed by atoms with E-state index >= 15 is 0 Å². The molecule has 0 atom stereocenters. The maximum Gasteiger partial charge on any atom is 0.193 e. The van der Waals surface area contributed by atoms with Crippen molar-refractivity contribution >= 4 is 5.78 Å². The molecule has 1 aliphatic rings. The minimum atomic E-state index is -0.394. The largest absolute Gasteiger partial charge is 0.487 e. The Bertz CT molecular complexity index is 810. The number of carbonyl (C=O) groups is 1. The van der Waals surface area contributed by atoms with E-state index in [1.165, 1.54) is 24.3 Å². The van der Waals surface area contributed by atoms with Gasteiger partial charge in [0.2, 0.25) is 0 Å². The monoisotopic (exact) mass is 434 g/mol. The van der Waals surface area contributed by atoms with Crippen molar-refractivity contribution in [1.82, 2.24) is 0 Å². The highest BCUT2D eigenvalue weighted by Gasteiger charge is 2.14. The molecule has 0 saturated heterocycles. The minimum absolute atomic E-state index is 0.234. The van der Waals surface area contributed by atoms with Gasteiger partial charge < -0.3 is 28.4 Å². The van der Waals surface area contributed by atoms with Crippen molar-refractivity contribution in [3.8, 4) is 11.5 Å². The minimum Gasteiger partial charge on any atom is -0.487 e. The Balaban J connectivity index is 1.67. The van der Waals surface area contributed by atoms with Gasteiger partial charge in [-0.2, -0.15) is 0 Å². The number of ether oxygens (including phenoxy) is 6. The van der Waals surface area contributed by atoms with Crippen LogP contribution in [0.2, 0.25) is 0 Å². The lowest BCUT2D eigenvalue weighted by Gasteiger charge is -2.15. The molecule has 1 aliphatic heterocycles. The van der Waals surface area contributed by atoms with E-state index in [9.17, 15) is 9.18 Å². The number of halogens is 1. The van der Waals surface area contributed by atoms with Gasteiger partial charge in [0.1, 0.15) is 19.0 Å². The molecule has 0 amide bonds. The van der Waals surface area contributed by atoms with Crippen LogP contribution in [0.3, 0.4) is 0 Å². The first-order valence-corrected chi connectivity index (χ1v) is 10.2. The van der Waals surface area contributed by atoms with Gasteiger partial charge in [-0.05, 0) is 42.5 Å². The van der Waals surface area contributed by atoms with Crippen LogP contribution in [0.25, 0.3) is 0 Å². The van der Waals surface area contributed by atoms with Gasteiger partial charge in [-0.3, -0.25) is 4.79 Å². The average molecular weight is 434 g/mol. The maximum atomic E-state index is 13.2. The van der Waals surface area contributed by atoms with Crippen molar-refractivity contribution in [2.45, 2.75) is 0 Å². The smallest absolute Gasteiger partial charge is 0.193 e. The molecule has 0 fully saturated rings. The molecule has 1 heterocycles. The van der Waals surface area contributed by atoms with Gasteiger partial charge in [0, 0.05) is 11.1 Å². The van der Waals surface area contributed by atoms with E-state index in [0.29, 0.717) is 82.1 Å². The summed E-state index contributed by atoms with van der Waals surface area (Å²) < 4.78 is 46.6. The second kappa shape index (κ2) is 13.0. The number of fused-ring (bicyclic) bond motifs is 1. The Morgan fingerprint density at radius 3 is 1.58 bits per heavy atom. The third-order valence-corrected chi connectivity index (χ3v) is 4.40. The van der Waals surface area contributed by atoms with E-state index in [2.05, 4.69) is 0 Å². The fourth-order valence-corrected chi connectivity index (χ4v) is 2.83. The first-order valence-electron chi connectivity index (χ1n) is 10.2. The van der Waals surface area contributed by atoms with E-state index in [4.69, 9.17) is 28.4 Å². The molecule has 0 N–H and O–H groups in total. The third-order valence-electron chi connectivity index (χ3n) is 4.40. The molecule has 0 aromatic heterocycles. The van der Waals surface area contributed by atoms with Crippen LogP contribution in [0.15, 0.2) is 42.5 Å². The number of carbonyl (C=O) groups excluding carboxylic acids is 1. The van der Waals surface area contributed by atoms with Gasteiger partial charge in [-0.25, -0.2) is 4.39 Å². The summed E-state index contributed by atoms with van der Waals surface area (Å²) in [6.45, 7) is 4.21. The van der Waals surface area contributed by atoms with Crippen LogP contribution in [0.1, 0.15) is 15.9 Å². The molecule has 0 bridgehead atoms. The van der Waals surface area contributed by atoms with Gasteiger partial charge in [0.15, 0.2) is 17.3 Å². The normalized spacial score (nSPS) is 17.3. The van der Waals surface area contributed by atoms with Crippen molar-refractivity contribution in [3.05, 3.63) is 59.4 Å². The van der Waals surface area contributed by atoms with E-state index < -0.39 is 5.82 Å². The summed E-state index contributed by atoms with van der Waals surface area (Å²) in [7, 11) is 0. The predicted octanol–water partition coefficient (Wildman–Crippen LogP) is 2.89. The average Bonchev–Trinajstić information content (AvgIpc) is 2.79. The summed E-state index contributed by atoms with van der Waals surface area (Å²) >= 11 is 0. The topological polar surface area (TPSA) is 72.5 Å². The van der Waals surface area contributed by atoms with Crippen LogP contribution in [-0.2, 0) is 18.9 Å². The van der Waals surface area contributed by atoms with E-state index in [1.54, 1.807) is 18.2 Å². The zero-order valence-electron chi connectivity index (χ0n) is 17.3. The van der Waals surface area contributed by atoms with Crippen LogP contribution in [0, 0.1) is 5.82 Å². The lowest BCUT2D eigenvalue weighted by atomic mass is 10.0. The molecule has 168 valence electrons. The van der Waals surface area contributed by atoms with Crippen molar-refractivity contribution < 1.29 is 37.6 Å². The zero-order chi connectivity index (χ0) is 21.7. The van der Waals surface area contributed by atoms with Crippen LogP contribution in [0.5, 0.6) is 11.5 Å². The van der Waals surface area contributed by atoms with Crippen LogP contribution in [-0.4, -0.2) is 71.9 Å². The second-order valence-electron chi connectivity index (χ2n) is 6.64. The van der Waals surface area contributed by atoms with E-state index in [0.717, 1.165) is 0 Å². The summed E-state index contributed by atoms with van der Waals surface area (Å²) in [6.07, 6.45) is 0. The molecule has 0 aliphatic carbocycles. The summed E-state index contributed by atoms with van der Waals surface area (Å²) in [5.41, 5.74) is 0.806. The van der Waals surface area contributed by atoms with Crippen molar-refractivity contribution in [1.29, 1.82) is 0 Å². The van der Waals surface area contributed by atoms with E-state index in [-0.39, 0.29) is 12.4 Å². The molecule has 3 rings (SSSR count). The lowest BCUT2D eigenvalue weighted by Crippen LogP contribution is -2.16. The fraction of sp³-hybridized carbons (Fsp3) is 0.435. The molecule has 7 nitrogen and oxygen atoms in total. The van der Waals surface area contributed by atoms with Crippen LogP contribution in [0.4, 0.5) is 4.39 Å².